The largest absolute Gasteiger partial charge is 0.463 e. The van der Waals surface area contributed by atoms with Gasteiger partial charge >= 0.3 is 5.97 Å². The molecule has 3 nitrogen and oxygen atoms in total. The van der Waals surface area contributed by atoms with E-state index in [1.165, 1.54) is 13.4 Å². The van der Waals surface area contributed by atoms with Crippen LogP contribution in [0.25, 0.3) is 0 Å². The summed E-state index contributed by atoms with van der Waals surface area (Å²) in [5.41, 5.74) is 0.891. The van der Waals surface area contributed by atoms with E-state index in [1.807, 2.05) is 13.8 Å². The molecule has 0 spiro atoms. The summed E-state index contributed by atoms with van der Waals surface area (Å²) >= 11 is 0. The number of carbonyl (C=O) groups excluding carboxylic acids is 1. The molecular weight excluding hydrogens is 156 g/mol. The van der Waals surface area contributed by atoms with Gasteiger partial charge in [0.15, 0.2) is 0 Å². The molecule has 0 aliphatic heterocycles. The zero-order chi connectivity index (χ0) is 9.14. The fraction of sp³-hybridized carbons (Fsp3) is 0.444. The highest BCUT2D eigenvalue weighted by molar-refractivity contribution is 5.88. The van der Waals surface area contributed by atoms with Crippen LogP contribution in [0, 0.1) is 0 Å². The lowest BCUT2D eigenvalue weighted by Crippen LogP contribution is -2.03. The van der Waals surface area contributed by atoms with Gasteiger partial charge in [0.2, 0.25) is 5.76 Å². The highest BCUT2D eigenvalue weighted by atomic mass is 16.5. The van der Waals surface area contributed by atoms with Crippen LogP contribution in [0.4, 0.5) is 0 Å². The summed E-state index contributed by atoms with van der Waals surface area (Å²) in [5, 5.41) is 0. The molecule has 12 heavy (non-hydrogen) atoms. The molecule has 0 unspecified atom stereocenters. The second-order valence-corrected chi connectivity index (χ2v) is 2.85. The SMILES string of the molecule is COC(=O)c1occc1C(C)C. The fourth-order valence-electron chi connectivity index (χ4n) is 1.03. The van der Waals surface area contributed by atoms with Crippen LogP contribution < -0.4 is 0 Å². The third-order valence-corrected chi connectivity index (χ3v) is 1.69. The summed E-state index contributed by atoms with van der Waals surface area (Å²) < 4.78 is 9.56. The molecule has 0 N–H and O–H groups in total. The van der Waals surface area contributed by atoms with Gasteiger partial charge in [-0.2, -0.15) is 0 Å². The van der Waals surface area contributed by atoms with Crippen LogP contribution in [-0.2, 0) is 4.74 Å². The quantitative estimate of drug-likeness (QED) is 0.635. The van der Waals surface area contributed by atoms with Crippen molar-refractivity contribution >= 4 is 5.97 Å². The van der Waals surface area contributed by atoms with Crippen molar-refractivity contribution in [1.82, 2.24) is 0 Å². The minimum absolute atomic E-state index is 0.276. The van der Waals surface area contributed by atoms with Crippen molar-refractivity contribution in [2.75, 3.05) is 7.11 Å². The molecule has 1 aromatic rings. The molecule has 0 bridgehead atoms. The lowest BCUT2D eigenvalue weighted by atomic mass is 10.0. The Morgan fingerprint density at radius 2 is 2.25 bits per heavy atom. The minimum Gasteiger partial charge on any atom is -0.463 e. The predicted octanol–water partition coefficient (Wildman–Crippen LogP) is 2.19. The molecule has 66 valence electrons. The molecule has 0 saturated heterocycles. The zero-order valence-electron chi connectivity index (χ0n) is 7.46. The molecule has 0 amide bonds. The molecule has 0 aliphatic carbocycles. The van der Waals surface area contributed by atoms with E-state index in [4.69, 9.17) is 4.42 Å². The standard InChI is InChI=1S/C9H12O3/c1-6(2)7-4-5-12-8(7)9(10)11-3/h4-6H,1-3H3. The number of furan rings is 1. The van der Waals surface area contributed by atoms with E-state index in [0.717, 1.165) is 5.56 Å². The Morgan fingerprint density at radius 3 is 2.75 bits per heavy atom. The summed E-state index contributed by atoms with van der Waals surface area (Å²) in [5.74, 6) is 0.175. The first-order valence-electron chi connectivity index (χ1n) is 3.82. The summed E-state index contributed by atoms with van der Waals surface area (Å²) in [6.45, 7) is 3.99. The first kappa shape index (κ1) is 8.84. The van der Waals surface area contributed by atoms with Crippen molar-refractivity contribution in [1.29, 1.82) is 0 Å². The third kappa shape index (κ3) is 1.49. The Kier molecular flexibility index (Phi) is 2.53. The number of rotatable bonds is 2. The molecule has 1 rings (SSSR count). The molecular formula is C9H12O3. The number of esters is 1. The lowest BCUT2D eigenvalue weighted by molar-refractivity contribution is 0.0563. The maximum Gasteiger partial charge on any atom is 0.374 e. The van der Waals surface area contributed by atoms with Crippen LogP contribution in [0.3, 0.4) is 0 Å². The van der Waals surface area contributed by atoms with Crippen molar-refractivity contribution < 1.29 is 13.9 Å². The molecule has 0 aromatic carbocycles. The highest BCUT2D eigenvalue weighted by Gasteiger charge is 2.17. The predicted molar refractivity (Wildman–Crippen MR) is 44.1 cm³/mol. The summed E-state index contributed by atoms with van der Waals surface area (Å²) in [4.78, 5) is 11.1. The number of hydrogen-bond donors (Lipinski definition) is 0. The van der Waals surface area contributed by atoms with E-state index in [2.05, 4.69) is 4.74 Å². The van der Waals surface area contributed by atoms with Gasteiger partial charge in [-0.05, 0) is 12.0 Å². The van der Waals surface area contributed by atoms with Crippen molar-refractivity contribution in [3.05, 3.63) is 23.7 Å². The van der Waals surface area contributed by atoms with Gasteiger partial charge in [0.1, 0.15) is 0 Å². The molecule has 0 saturated carbocycles. The highest BCUT2D eigenvalue weighted by Crippen LogP contribution is 2.20. The molecule has 0 radical (unpaired) electrons. The molecule has 0 fully saturated rings. The Bertz CT molecular complexity index is 273. The fourth-order valence-corrected chi connectivity index (χ4v) is 1.03. The number of methoxy groups -OCH3 is 1. The smallest absolute Gasteiger partial charge is 0.374 e. The topological polar surface area (TPSA) is 39.4 Å². The molecule has 0 aliphatic rings. The van der Waals surface area contributed by atoms with Crippen molar-refractivity contribution in [3.63, 3.8) is 0 Å². The zero-order valence-corrected chi connectivity index (χ0v) is 7.46. The molecule has 0 atom stereocenters. The van der Waals surface area contributed by atoms with E-state index in [1.54, 1.807) is 6.07 Å². The average molecular weight is 168 g/mol. The van der Waals surface area contributed by atoms with Gasteiger partial charge in [-0.25, -0.2) is 4.79 Å². The van der Waals surface area contributed by atoms with Crippen LogP contribution >= 0.6 is 0 Å². The summed E-state index contributed by atoms with van der Waals surface area (Å²) in [7, 11) is 1.34. The van der Waals surface area contributed by atoms with Crippen molar-refractivity contribution in [2.45, 2.75) is 19.8 Å². The maximum absolute atomic E-state index is 11.1. The Hall–Kier alpha value is -1.25. The van der Waals surface area contributed by atoms with E-state index in [0.29, 0.717) is 5.76 Å². The molecule has 1 heterocycles. The van der Waals surface area contributed by atoms with E-state index >= 15 is 0 Å². The first-order valence-corrected chi connectivity index (χ1v) is 3.82. The summed E-state index contributed by atoms with van der Waals surface area (Å²) in [6.07, 6.45) is 1.50. The van der Waals surface area contributed by atoms with Crippen LogP contribution in [0.2, 0.25) is 0 Å². The van der Waals surface area contributed by atoms with Crippen LogP contribution in [0.15, 0.2) is 16.7 Å². The second-order valence-electron chi connectivity index (χ2n) is 2.85. The summed E-state index contributed by atoms with van der Waals surface area (Å²) in [6, 6.07) is 1.79. The van der Waals surface area contributed by atoms with Gasteiger partial charge in [-0.15, -0.1) is 0 Å². The van der Waals surface area contributed by atoms with Gasteiger partial charge < -0.3 is 9.15 Å². The van der Waals surface area contributed by atoms with Gasteiger partial charge in [-0.1, -0.05) is 13.8 Å². The van der Waals surface area contributed by atoms with Crippen LogP contribution in [0.1, 0.15) is 35.9 Å². The van der Waals surface area contributed by atoms with Crippen molar-refractivity contribution in [3.8, 4) is 0 Å². The maximum atomic E-state index is 11.1. The van der Waals surface area contributed by atoms with Gasteiger partial charge in [-0.3, -0.25) is 0 Å². The normalized spacial score (nSPS) is 10.3. The van der Waals surface area contributed by atoms with E-state index in [9.17, 15) is 4.79 Å². The number of ether oxygens (including phenoxy) is 1. The van der Waals surface area contributed by atoms with Gasteiger partial charge in [0, 0.05) is 5.56 Å². The molecule has 1 aromatic heterocycles. The Morgan fingerprint density at radius 1 is 1.58 bits per heavy atom. The first-order chi connectivity index (χ1) is 5.66. The number of hydrogen-bond acceptors (Lipinski definition) is 3. The van der Waals surface area contributed by atoms with Crippen LogP contribution in [-0.4, -0.2) is 13.1 Å². The monoisotopic (exact) mass is 168 g/mol. The minimum atomic E-state index is -0.413. The van der Waals surface area contributed by atoms with Gasteiger partial charge in [0.05, 0.1) is 13.4 Å². The van der Waals surface area contributed by atoms with Crippen LogP contribution in [0.5, 0.6) is 0 Å². The Labute approximate surface area is 71.3 Å². The Balaban J connectivity index is 2.99. The van der Waals surface area contributed by atoms with E-state index < -0.39 is 5.97 Å². The average Bonchev–Trinajstić information content (AvgIpc) is 2.50. The van der Waals surface area contributed by atoms with E-state index in [-0.39, 0.29) is 5.92 Å². The number of carbonyl (C=O) groups is 1. The second kappa shape index (κ2) is 3.43. The molecule has 3 heteroatoms. The lowest BCUT2D eigenvalue weighted by Gasteiger charge is -2.02. The van der Waals surface area contributed by atoms with Crippen molar-refractivity contribution in [2.24, 2.45) is 0 Å². The third-order valence-electron chi connectivity index (χ3n) is 1.69. The van der Waals surface area contributed by atoms with Gasteiger partial charge in [0.25, 0.3) is 0 Å².